The van der Waals surface area contributed by atoms with Crippen molar-refractivity contribution >= 4 is 18.3 Å². The maximum absolute atomic E-state index is 13.4. The van der Waals surface area contributed by atoms with Crippen molar-refractivity contribution in [1.29, 1.82) is 0 Å². The molecule has 0 radical (unpaired) electrons. The Morgan fingerprint density at radius 1 is 1.48 bits per heavy atom. The standard InChI is InChI=1S/C13H16F2N2O3.ClH/c14-8-2-1-3-9(15)12(8)10(18)6-17-13(19)11-7-16-4-5-20-11;/h1-3,10-11,16,18H,4-7H2,(H,17,19);1H. The summed E-state index contributed by atoms with van der Waals surface area (Å²) in [6, 6.07) is 3.32. The molecule has 2 unspecified atom stereocenters. The molecule has 118 valence electrons. The van der Waals surface area contributed by atoms with Gasteiger partial charge in [0.05, 0.1) is 12.2 Å². The van der Waals surface area contributed by atoms with Crippen LogP contribution in [0.4, 0.5) is 8.78 Å². The molecule has 1 amide bonds. The second kappa shape index (κ2) is 8.23. The summed E-state index contributed by atoms with van der Waals surface area (Å²) in [6.45, 7) is 1.18. The molecule has 5 nitrogen and oxygen atoms in total. The average molecular weight is 323 g/mol. The van der Waals surface area contributed by atoms with Gasteiger partial charge in [0.15, 0.2) is 0 Å². The van der Waals surface area contributed by atoms with Crippen molar-refractivity contribution in [2.75, 3.05) is 26.2 Å². The number of nitrogens with one attached hydrogen (secondary N) is 2. The van der Waals surface area contributed by atoms with Gasteiger partial charge in [0.2, 0.25) is 0 Å². The quantitative estimate of drug-likeness (QED) is 0.756. The van der Waals surface area contributed by atoms with Crippen LogP contribution in [0.3, 0.4) is 0 Å². The molecule has 3 N–H and O–H groups in total. The minimum absolute atomic E-state index is 0. The number of benzene rings is 1. The second-order valence-electron chi connectivity index (χ2n) is 4.46. The van der Waals surface area contributed by atoms with Gasteiger partial charge in [-0.3, -0.25) is 4.79 Å². The Kier molecular flexibility index (Phi) is 6.97. The zero-order valence-corrected chi connectivity index (χ0v) is 12.0. The third kappa shape index (κ3) is 4.60. The number of rotatable bonds is 4. The highest BCUT2D eigenvalue weighted by Crippen LogP contribution is 2.19. The third-order valence-corrected chi connectivity index (χ3v) is 3.02. The molecular formula is C13H17ClF2N2O3. The fourth-order valence-electron chi connectivity index (χ4n) is 1.98. The first-order valence-corrected chi connectivity index (χ1v) is 6.31. The van der Waals surface area contributed by atoms with Gasteiger partial charge in [0.25, 0.3) is 5.91 Å². The number of carbonyl (C=O) groups excluding carboxylic acids is 1. The number of aliphatic hydroxyl groups is 1. The zero-order valence-electron chi connectivity index (χ0n) is 11.1. The minimum atomic E-state index is -1.45. The van der Waals surface area contributed by atoms with Crippen molar-refractivity contribution in [3.63, 3.8) is 0 Å². The van der Waals surface area contributed by atoms with Crippen LogP contribution >= 0.6 is 12.4 Å². The fourth-order valence-corrected chi connectivity index (χ4v) is 1.98. The van der Waals surface area contributed by atoms with E-state index in [1.807, 2.05) is 0 Å². The van der Waals surface area contributed by atoms with Crippen molar-refractivity contribution in [3.05, 3.63) is 35.4 Å². The molecule has 8 heteroatoms. The lowest BCUT2D eigenvalue weighted by atomic mass is 10.1. The van der Waals surface area contributed by atoms with E-state index in [4.69, 9.17) is 4.74 Å². The monoisotopic (exact) mass is 322 g/mol. The molecule has 0 bridgehead atoms. The van der Waals surface area contributed by atoms with Crippen molar-refractivity contribution in [2.24, 2.45) is 0 Å². The molecule has 1 aromatic rings. The molecule has 1 heterocycles. The van der Waals surface area contributed by atoms with Gasteiger partial charge in [-0.05, 0) is 12.1 Å². The molecule has 1 aromatic carbocycles. The molecule has 1 saturated heterocycles. The lowest BCUT2D eigenvalue weighted by Crippen LogP contribution is -2.48. The maximum Gasteiger partial charge on any atom is 0.250 e. The van der Waals surface area contributed by atoms with E-state index in [0.29, 0.717) is 19.7 Å². The first-order valence-electron chi connectivity index (χ1n) is 6.31. The number of amides is 1. The third-order valence-electron chi connectivity index (χ3n) is 3.02. The van der Waals surface area contributed by atoms with Gasteiger partial charge in [0, 0.05) is 19.6 Å². The van der Waals surface area contributed by atoms with Gasteiger partial charge in [-0.15, -0.1) is 12.4 Å². The summed E-state index contributed by atoms with van der Waals surface area (Å²) >= 11 is 0. The van der Waals surface area contributed by atoms with Gasteiger partial charge < -0.3 is 20.5 Å². The van der Waals surface area contributed by atoms with E-state index in [1.165, 1.54) is 6.07 Å². The lowest BCUT2D eigenvalue weighted by molar-refractivity contribution is -0.134. The van der Waals surface area contributed by atoms with E-state index in [9.17, 15) is 18.7 Å². The van der Waals surface area contributed by atoms with Crippen LogP contribution in [0, 0.1) is 11.6 Å². The van der Waals surface area contributed by atoms with Gasteiger partial charge in [0.1, 0.15) is 23.8 Å². The molecule has 1 aliphatic rings. The van der Waals surface area contributed by atoms with Crippen LogP contribution in [0.2, 0.25) is 0 Å². The smallest absolute Gasteiger partial charge is 0.250 e. The number of morpholine rings is 1. The highest BCUT2D eigenvalue weighted by molar-refractivity contribution is 5.85. The van der Waals surface area contributed by atoms with Crippen LogP contribution < -0.4 is 10.6 Å². The first-order chi connectivity index (χ1) is 9.59. The molecule has 0 spiro atoms. The molecule has 0 aromatic heterocycles. The van der Waals surface area contributed by atoms with E-state index >= 15 is 0 Å². The number of hydrogen-bond donors (Lipinski definition) is 3. The summed E-state index contributed by atoms with van der Waals surface area (Å²) in [4.78, 5) is 11.7. The molecule has 0 aliphatic carbocycles. The molecular weight excluding hydrogens is 306 g/mol. The zero-order chi connectivity index (χ0) is 14.5. The Balaban J connectivity index is 0.00000220. The Morgan fingerprint density at radius 3 is 2.71 bits per heavy atom. The van der Waals surface area contributed by atoms with E-state index < -0.39 is 35.3 Å². The summed E-state index contributed by atoms with van der Waals surface area (Å²) < 4.78 is 32.1. The largest absolute Gasteiger partial charge is 0.386 e. The molecule has 21 heavy (non-hydrogen) atoms. The van der Waals surface area contributed by atoms with Gasteiger partial charge in [-0.1, -0.05) is 6.07 Å². The molecule has 1 aliphatic heterocycles. The minimum Gasteiger partial charge on any atom is -0.386 e. The Labute approximate surface area is 127 Å². The van der Waals surface area contributed by atoms with Crippen LogP contribution in [0.15, 0.2) is 18.2 Å². The molecule has 2 rings (SSSR count). The summed E-state index contributed by atoms with van der Waals surface area (Å²) in [5.41, 5.74) is -0.449. The Morgan fingerprint density at radius 2 is 2.14 bits per heavy atom. The van der Waals surface area contributed by atoms with Crippen LogP contribution in [0.25, 0.3) is 0 Å². The summed E-state index contributed by atoms with van der Waals surface area (Å²) in [5.74, 6) is -2.11. The molecule has 1 fully saturated rings. The number of halogens is 3. The molecule has 0 saturated carbocycles. The fraction of sp³-hybridized carbons (Fsp3) is 0.462. The van der Waals surface area contributed by atoms with Crippen molar-refractivity contribution in [2.45, 2.75) is 12.2 Å². The number of ether oxygens (including phenoxy) is 1. The lowest BCUT2D eigenvalue weighted by Gasteiger charge is -2.23. The normalized spacial score (nSPS) is 19.5. The second-order valence-corrected chi connectivity index (χ2v) is 4.46. The summed E-state index contributed by atoms with van der Waals surface area (Å²) in [6.07, 6.45) is -2.10. The van der Waals surface area contributed by atoms with Crippen LogP contribution in [-0.2, 0) is 9.53 Å². The topological polar surface area (TPSA) is 70.6 Å². The Hall–Kier alpha value is -1.28. The SMILES string of the molecule is Cl.O=C(NCC(O)c1c(F)cccc1F)C1CNCCO1. The van der Waals surface area contributed by atoms with Crippen molar-refractivity contribution in [3.8, 4) is 0 Å². The van der Waals surface area contributed by atoms with E-state index in [1.54, 1.807) is 0 Å². The summed E-state index contributed by atoms with van der Waals surface area (Å²) in [7, 11) is 0. The number of carbonyl (C=O) groups is 1. The van der Waals surface area contributed by atoms with Gasteiger partial charge in [-0.25, -0.2) is 8.78 Å². The van der Waals surface area contributed by atoms with Crippen LogP contribution in [0.1, 0.15) is 11.7 Å². The summed E-state index contributed by atoms with van der Waals surface area (Å²) in [5, 5.41) is 15.2. The number of aliphatic hydroxyl groups excluding tert-OH is 1. The Bertz CT molecular complexity index is 464. The van der Waals surface area contributed by atoms with E-state index in [-0.39, 0.29) is 19.0 Å². The highest BCUT2D eigenvalue weighted by Gasteiger charge is 2.23. The predicted octanol–water partition coefficient (Wildman–Crippen LogP) is 0.525. The highest BCUT2D eigenvalue weighted by atomic mass is 35.5. The predicted molar refractivity (Wildman–Crippen MR) is 74.2 cm³/mol. The van der Waals surface area contributed by atoms with Crippen molar-refractivity contribution in [1.82, 2.24) is 10.6 Å². The van der Waals surface area contributed by atoms with Crippen LogP contribution in [-0.4, -0.2) is 43.4 Å². The number of hydrogen-bond acceptors (Lipinski definition) is 4. The van der Waals surface area contributed by atoms with Gasteiger partial charge in [-0.2, -0.15) is 0 Å². The van der Waals surface area contributed by atoms with E-state index in [0.717, 1.165) is 12.1 Å². The average Bonchev–Trinajstić information content (AvgIpc) is 2.45. The van der Waals surface area contributed by atoms with Crippen LogP contribution in [0.5, 0.6) is 0 Å². The first kappa shape index (κ1) is 17.8. The maximum atomic E-state index is 13.4. The van der Waals surface area contributed by atoms with Crippen molar-refractivity contribution < 1.29 is 23.4 Å². The van der Waals surface area contributed by atoms with E-state index in [2.05, 4.69) is 10.6 Å². The molecule has 2 atom stereocenters. The van der Waals surface area contributed by atoms with Gasteiger partial charge >= 0.3 is 0 Å².